The topological polar surface area (TPSA) is 61.0 Å². The van der Waals surface area contributed by atoms with E-state index < -0.39 is 0 Å². The number of rotatable bonds is 5. The van der Waals surface area contributed by atoms with Crippen LogP contribution in [0.3, 0.4) is 0 Å². The van der Waals surface area contributed by atoms with Gasteiger partial charge < -0.3 is 10.5 Å². The molecule has 2 aromatic rings. The van der Waals surface area contributed by atoms with E-state index in [0.717, 1.165) is 17.7 Å². The van der Waals surface area contributed by atoms with Crippen LogP contribution in [0.2, 0.25) is 0 Å². The lowest BCUT2D eigenvalue weighted by atomic mass is 10.1. The van der Waals surface area contributed by atoms with Crippen molar-refractivity contribution >= 4 is 11.3 Å². The quantitative estimate of drug-likeness (QED) is 0.900. The standard InChI is InChI=1S/C13H17N3OS/c1-9(14)11-3-5-15-13(7-11)17-6-4-12-10(2)16-8-18-12/h3,5,7-9H,4,6,14H2,1-2H3/t9-/m0/s1. The number of pyridine rings is 1. The van der Waals surface area contributed by atoms with Gasteiger partial charge >= 0.3 is 0 Å². The second-order valence-corrected chi connectivity index (χ2v) is 5.11. The predicted molar refractivity (Wildman–Crippen MR) is 72.9 cm³/mol. The van der Waals surface area contributed by atoms with E-state index in [1.165, 1.54) is 4.88 Å². The van der Waals surface area contributed by atoms with Gasteiger partial charge in [0.25, 0.3) is 0 Å². The summed E-state index contributed by atoms with van der Waals surface area (Å²) in [5.74, 6) is 0.631. The Balaban J connectivity index is 1.90. The zero-order chi connectivity index (χ0) is 13.0. The van der Waals surface area contributed by atoms with Gasteiger partial charge in [-0.05, 0) is 25.5 Å². The number of hydrogen-bond donors (Lipinski definition) is 1. The maximum Gasteiger partial charge on any atom is 0.213 e. The van der Waals surface area contributed by atoms with Crippen molar-refractivity contribution < 1.29 is 4.74 Å². The van der Waals surface area contributed by atoms with Crippen molar-refractivity contribution in [2.45, 2.75) is 26.3 Å². The highest BCUT2D eigenvalue weighted by molar-refractivity contribution is 7.09. The van der Waals surface area contributed by atoms with Gasteiger partial charge in [0.05, 0.1) is 17.8 Å². The molecule has 0 saturated carbocycles. The van der Waals surface area contributed by atoms with Crippen LogP contribution in [0.15, 0.2) is 23.8 Å². The molecule has 0 bridgehead atoms. The maximum absolute atomic E-state index is 5.82. The van der Waals surface area contributed by atoms with Crippen LogP contribution in [0.25, 0.3) is 0 Å². The van der Waals surface area contributed by atoms with Crippen LogP contribution in [-0.2, 0) is 6.42 Å². The lowest BCUT2D eigenvalue weighted by Gasteiger charge is -2.08. The Morgan fingerprint density at radius 1 is 1.44 bits per heavy atom. The largest absolute Gasteiger partial charge is 0.477 e. The molecule has 1 atom stereocenters. The molecule has 4 nitrogen and oxygen atoms in total. The predicted octanol–water partition coefficient (Wildman–Crippen LogP) is 2.49. The third-order valence-electron chi connectivity index (χ3n) is 2.71. The number of hydrogen-bond acceptors (Lipinski definition) is 5. The first-order chi connectivity index (χ1) is 8.66. The second kappa shape index (κ2) is 5.93. The van der Waals surface area contributed by atoms with Gasteiger partial charge in [0, 0.05) is 29.6 Å². The average molecular weight is 263 g/mol. The molecule has 2 rings (SSSR count). The third-order valence-corrected chi connectivity index (χ3v) is 3.70. The third kappa shape index (κ3) is 3.27. The van der Waals surface area contributed by atoms with Gasteiger partial charge in [0.1, 0.15) is 0 Å². The van der Waals surface area contributed by atoms with Crippen LogP contribution in [0, 0.1) is 6.92 Å². The highest BCUT2D eigenvalue weighted by Gasteiger charge is 2.04. The fourth-order valence-corrected chi connectivity index (χ4v) is 2.36. The first-order valence-corrected chi connectivity index (χ1v) is 6.78. The number of nitrogens with two attached hydrogens (primary N) is 1. The maximum atomic E-state index is 5.82. The zero-order valence-corrected chi connectivity index (χ0v) is 11.4. The van der Waals surface area contributed by atoms with Gasteiger partial charge in [-0.2, -0.15) is 0 Å². The summed E-state index contributed by atoms with van der Waals surface area (Å²) in [6.45, 7) is 4.57. The normalized spacial score (nSPS) is 12.4. The summed E-state index contributed by atoms with van der Waals surface area (Å²) in [5, 5.41) is 0. The lowest BCUT2D eigenvalue weighted by Crippen LogP contribution is -2.07. The molecule has 18 heavy (non-hydrogen) atoms. The smallest absolute Gasteiger partial charge is 0.213 e. The van der Waals surface area contributed by atoms with Gasteiger partial charge in [-0.25, -0.2) is 9.97 Å². The lowest BCUT2D eigenvalue weighted by molar-refractivity contribution is 0.309. The van der Waals surface area contributed by atoms with Crippen molar-refractivity contribution in [2.24, 2.45) is 5.73 Å². The molecule has 0 spiro atoms. The minimum Gasteiger partial charge on any atom is -0.477 e. The number of thiazole rings is 1. The second-order valence-electron chi connectivity index (χ2n) is 4.18. The van der Waals surface area contributed by atoms with Crippen molar-refractivity contribution in [1.82, 2.24) is 9.97 Å². The van der Waals surface area contributed by atoms with Crippen molar-refractivity contribution in [3.63, 3.8) is 0 Å². The van der Waals surface area contributed by atoms with Crippen molar-refractivity contribution in [1.29, 1.82) is 0 Å². The molecule has 0 aromatic carbocycles. The molecule has 0 fully saturated rings. The number of ether oxygens (including phenoxy) is 1. The van der Waals surface area contributed by atoms with Crippen molar-refractivity contribution in [3.8, 4) is 5.88 Å². The highest BCUT2D eigenvalue weighted by atomic mass is 32.1. The first kappa shape index (κ1) is 13.0. The van der Waals surface area contributed by atoms with Gasteiger partial charge in [0.2, 0.25) is 5.88 Å². The SMILES string of the molecule is Cc1ncsc1CCOc1cc([C@H](C)N)ccn1. The number of aryl methyl sites for hydroxylation is 1. The molecule has 0 aliphatic carbocycles. The molecule has 96 valence electrons. The molecule has 0 amide bonds. The van der Waals surface area contributed by atoms with E-state index in [4.69, 9.17) is 10.5 Å². The summed E-state index contributed by atoms with van der Waals surface area (Å²) in [6, 6.07) is 3.80. The summed E-state index contributed by atoms with van der Waals surface area (Å²) in [7, 11) is 0. The first-order valence-electron chi connectivity index (χ1n) is 5.90. The monoisotopic (exact) mass is 263 g/mol. The fourth-order valence-electron chi connectivity index (χ4n) is 1.60. The van der Waals surface area contributed by atoms with Gasteiger partial charge in [-0.3, -0.25) is 0 Å². The molecule has 2 N–H and O–H groups in total. The van der Waals surface area contributed by atoms with Crippen LogP contribution in [0.4, 0.5) is 0 Å². The Morgan fingerprint density at radius 2 is 2.28 bits per heavy atom. The van der Waals surface area contributed by atoms with Gasteiger partial charge in [-0.1, -0.05) is 0 Å². The Morgan fingerprint density at radius 3 is 2.94 bits per heavy atom. The number of aromatic nitrogens is 2. The summed E-state index contributed by atoms with van der Waals surface area (Å²) >= 11 is 1.66. The van der Waals surface area contributed by atoms with E-state index in [9.17, 15) is 0 Å². The number of nitrogens with zero attached hydrogens (tertiary/aromatic N) is 2. The molecule has 2 aromatic heterocycles. The molecule has 0 aliphatic rings. The van der Waals surface area contributed by atoms with Crippen LogP contribution in [0.1, 0.15) is 29.1 Å². The van der Waals surface area contributed by atoms with E-state index in [0.29, 0.717) is 12.5 Å². The molecule has 0 unspecified atom stereocenters. The van der Waals surface area contributed by atoms with E-state index in [1.54, 1.807) is 17.5 Å². The molecular weight excluding hydrogens is 246 g/mol. The van der Waals surface area contributed by atoms with Crippen molar-refractivity contribution in [2.75, 3.05) is 6.61 Å². The molecule has 0 aliphatic heterocycles. The summed E-state index contributed by atoms with van der Waals surface area (Å²) in [5.41, 5.74) is 9.80. The zero-order valence-electron chi connectivity index (χ0n) is 10.6. The molecule has 0 saturated heterocycles. The van der Waals surface area contributed by atoms with Crippen LogP contribution >= 0.6 is 11.3 Å². The molecule has 5 heteroatoms. The van der Waals surface area contributed by atoms with Crippen LogP contribution in [0.5, 0.6) is 5.88 Å². The Bertz CT molecular complexity index is 510. The summed E-state index contributed by atoms with van der Waals surface area (Å²) < 4.78 is 5.64. The van der Waals surface area contributed by atoms with E-state index >= 15 is 0 Å². The van der Waals surface area contributed by atoms with Crippen LogP contribution in [-0.4, -0.2) is 16.6 Å². The van der Waals surface area contributed by atoms with E-state index in [1.807, 2.05) is 31.5 Å². The fraction of sp³-hybridized carbons (Fsp3) is 0.385. The van der Waals surface area contributed by atoms with Gasteiger partial charge in [-0.15, -0.1) is 11.3 Å². The molecular formula is C13H17N3OS. The summed E-state index contributed by atoms with van der Waals surface area (Å²) in [6.07, 6.45) is 2.59. The van der Waals surface area contributed by atoms with Crippen molar-refractivity contribution in [3.05, 3.63) is 40.0 Å². The van der Waals surface area contributed by atoms with E-state index in [-0.39, 0.29) is 6.04 Å². The summed E-state index contributed by atoms with van der Waals surface area (Å²) in [4.78, 5) is 9.65. The van der Waals surface area contributed by atoms with Crippen LogP contribution < -0.4 is 10.5 Å². The highest BCUT2D eigenvalue weighted by Crippen LogP contribution is 2.16. The minimum atomic E-state index is -0.000842. The molecule has 2 heterocycles. The Hall–Kier alpha value is -1.46. The van der Waals surface area contributed by atoms with Gasteiger partial charge in [0.15, 0.2) is 0 Å². The minimum absolute atomic E-state index is 0.000842. The van der Waals surface area contributed by atoms with E-state index in [2.05, 4.69) is 9.97 Å². The molecule has 0 radical (unpaired) electrons. The Kier molecular flexibility index (Phi) is 4.28. The Labute approximate surface area is 111 Å². The average Bonchev–Trinajstić information content (AvgIpc) is 2.76.